The first-order valence-corrected chi connectivity index (χ1v) is 10.3. The van der Waals surface area contributed by atoms with E-state index >= 15 is 0 Å². The Morgan fingerprint density at radius 1 is 0.476 bits per heavy atom. The molecular weight excluding hydrogens is 252 g/mol. The van der Waals surface area contributed by atoms with Crippen molar-refractivity contribution in [1.82, 2.24) is 0 Å². The van der Waals surface area contributed by atoms with Gasteiger partial charge in [-0.2, -0.15) is 0 Å². The fraction of sp³-hybridized carbons (Fsp3) is 1.00. The third kappa shape index (κ3) is 13.4. The van der Waals surface area contributed by atoms with Crippen LogP contribution >= 0.6 is 0 Å². The molecule has 21 heavy (non-hydrogen) atoms. The summed E-state index contributed by atoms with van der Waals surface area (Å²) >= 11 is 0. The molecule has 0 aliphatic rings. The standard InChI is InChI=1S/C21H44/c1-5-8-11-13-16-19-21(18-14-10-7-3)20(4)17-15-12-9-6-2/h20-21H,5-19H2,1-4H3. The van der Waals surface area contributed by atoms with Gasteiger partial charge in [0.05, 0.1) is 0 Å². The molecule has 0 N–H and O–H groups in total. The van der Waals surface area contributed by atoms with E-state index in [2.05, 4.69) is 27.7 Å². The highest BCUT2D eigenvalue weighted by Crippen LogP contribution is 2.29. The lowest BCUT2D eigenvalue weighted by Gasteiger charge is -2.24. The van der Waals surface area contributed by atoms with Gasteiger partial charge < -0.3 is 0 Å². The smallest absolute Gasteiger partial charge is 0.0388 e. The predicted octanol–water partition coefficient (Wildman–Crippen LogP) is 8.15. The summed E-state index contributed by atoms with van der Waals surface area (Å²) in [4.78, 5) is 0. The first-order chi connectivity index (χ1) is 10.3. The average molecular weight is 297 g/mol. The molecule has 0 aliphatic heterocycles. The maximum absolute atomic E-state index is 2.54. The molecule has 0 heterocycles. The summed E-state index contributed by atoms with van der Waals surface area (Å²) in [5.41, 5.74) is 0. The third-order valence-electron chi connectivity index (χ3n) is 5.17. The van der Waals surface area contributed by atoms with Crippen LogP contribution in [0.1, 0.15) is 124 Å². The van der Waals surface area contributed by atoms with Crippen LogP contribution in [0.5, 0.6) is 0 Å². The van der Waals surface area contributed by atoms with Crippen LogP contribution in [0.15, 0.2) is 0 Å². The number of hydrogen-bond acceptors (Lipinski definition) is 0. The lowest BCUT2D eigenvalue weighted by Crippen LogP contribution is -2.12. The van der Waals surface area contributed by atoms with Gasteiger partial charge in [0, 0.05) is 0 Å². The molecule has 0 aromatic carbocycles. The molecule has 128 valence electrons. The Morgan fingerprint density at radius 3 is 1.43 bits per heavy atom. The highest BCUT2D eigenvalue weighted by molar-refractivity contribution is 4.68. The minimum absolute atomic E-state index is 0.963. The lowest BCUT2D eigenvalue weighted by atomic mass is 9.82. The van der Waals surface area contributed by atoms with Crippen LogP contribution in [-0.2, 0) is 0 Å². The molecule has 0 saturated carbocycles. The SMILES string of the molecule is CCCCCCCC(CCCCC)C(C)CCCCCC. The van der Waals surface area contributed by atoms with Crippen molar-refractivity contribution in [3.63, 3.8) is 0 Å². The van der Waals surface area contributed by atoms with Crippen LogP contribution in [0.25, 0.3) is 0 Å². The van der Waals surface area contributed by atoms with E-state index in [1.807, 2.05) is 0 Å². The van der Waals surface area contributed by atoms with Crippen molar-refractivity contribution in [3.8, 4) is 0 Å². The molecule has 0 aromatic rings. The Balaban J connectivity index is 3.92. The van der Waals surface area contributed by atoms with Gasteiger partial charge in [-0.15, -0.1) is 0 Å². The van der Waals surface area contributed by atoms with Crippen molar-refractivity contribution >= 4 is 0 Å². The summed E-state index contributed by atoms with van der Waals surface area (Å²) < 4.78 is 0. The van der Waals surface area contributed by atoms with Crippen molar-refractivity contribution in [2.75, 3.05) is 0 Å². The monoisotopic (exact) mass is 296 g/mol. The van der Waals surface area contributed by atoms with E-state index in [4.69, 9.17) is 0 Å². The Labute approximate surface area is 136 Å². The third-order valence-corrected chi connectivity index (χ3v) is 5.17. The fourth-order valence-corrected chi connectivity index (χ4v) is 3.51. The second kappa shape index (κ2) is 16.4. The quantitative estimate of drug-likeness (QED) is 0.252. The van der Waals surface area contributed by atoms with Crippen LogP contribution in [0.2, 0.25) is 0 Å². The number of hydrogen-bond donors (Lipinski definition) is 0. The zero-order valence-corrected chi connectivity index (χ0v) is 15.8. The Morgan fingerprint density at radius 2 is 0.857 bits per heavy atom. The molecule has 0 radical (unpaired) electrons. The second-order valence-corrected chi connectivity index (χ2v) is 7.29. The van der Waals surface area contributed by atoms with Gasteiger partial charge in [0.25, 0.3) is 0 Å². The van der Waals surface area contributed by atoms with E-state index in [1.54, 1.807) is 0 Å². The van der Waals surface area contributed by atoms with Gasteiger partial charge in [-0.3, -0.25) is 0 Å². The normalized spacial score (nSPS) is 14.3. The van der Waals surface area contributed by atoms with Crippen LogP contribution < -0.4 is 0 Å². The summed E-state index contributed by atoms with van der Waals surface area (Å²) in [6.07, 6.45) is 21.7. The van der Waals surface area contributed by atoms with Crippen LogP contribution in [0, 0.1) is 11.8 Å². The minimum Gasteiger partial charge on any atom is -0.0654 e. The maximum Gasteiger partial charge on any atom is -0.0388 e. The largest absolute Gasteiger partial charge is 0.0654 e. The highest BCUT2D eigenvalue weighted by Gasteiger charge is 2.16. The zero-order valence-electron chi connectivity index (χ0n) is 15.8. The first-order valence-electron chi connectivity index (χ1n) is 10.3. The molecule has 0 nitrogen and oxygen atoms in total. The molecule has 0 saturated heterocycles. The second-order valence-electron chi connectivity index (χ2n) is 7.29. The van der Waals surface area contributed by atoms with Crippen LogP contribution in [0.3, 0.4) is 0 Å². The first kappa shape index (κ1) is 21.0. The van der Waals surface area contributed by atoms with Crippen molar-refractivity contribution in [2.24, 2.45) is 11.8 Å². The van der Waals surface area contributed by atoms with Crippen LogP contribution in [0.4, 0.5) is 0 Å². The highest BCUT2D eigenvalue weighted by atomic mass is 14.2. The molecule has 0 fully saturated rings. The van der Waals surface area contributed by atoms with E-state index in [0.29, 0.717) is 0 Å². The van der Waals surface area contributed by atoms with E-state index in [0.717, 1.165) is 11.8 Å². The summed E-state index contributed by atoms with van der Waals surface area (Å²) in [7, 11) is 0. The molecule has 0 rings (SSSR count). The van der Waals surface area contributed by atoms with Crippen molar-refractivity contribution in [1.29, 1.82) is 0 Å². The Bertz CT molecular complexity index is 184. The number of rotatable bonds is 16. The summed E-state index contributed by atoms with van der Waals surface area (Å²) in [6.45, 7) is 9.49. The van der Waals surface area contributed by atoms with E-state index in [1.165, 1.54) is 96.3 Å². The van der Waals surface area contributed by atoms with Crippen LogP contribution in [-0.4, -0.2) is 0 Å². The molecule has 2 unspecified atom stereocenters. The van der Waals surface area contributed by atoms with Gasteiger partial charge >= 0.3 is 0 Å². The minimum atomic E-state index is 0.963. The summed E-state index contributed by atoms with van der Waals surface area (Å²) in [5.74, 6) is 1.98. The zero-order chi connectivity index (χ0) is 15.8. The van der Waals surface area contributed by atoms with Gasteiger partial charge in [-0.1, -0.05) is 124 Å². The fourth-order valence-electron chi connectivity index (χ4n) is 3.51. The molecule has 0 amide bonds. The molecule has 0 aromatic heterocycles. The van der Waals surface area contributed by atoms with E-state index in [9.17, 15) is 0 Å². The van der Waals surface area contributed by atoms with Gasteiger partial charge in [0.15, 0.2) is 0 Å². The molecular formula is C21H44. The van der Waals surface area contributed by atoms with Gasteiger partial charge in [0.2, 0.25) is 0 Å². The van der Waals surface area contributed by atoms with Gasteiger partial charge in [-0.25, -0.2) is 0 Å². The van der Waals surface area contributed by atoms with Gasteiger partial charge in [0.1, 0.15) is 0 Å². The van der Waals surface area contributed by atoms with E-state index in [-0.39, 0.29) is 0 Å². The molecule has 0 bridgehead atoms. The number of unbranched alkanes of at least 4 members (excludes halogenated alkanes) is 9. The van der Waals surface area contributed by atoms with Crippen molar-refractivity contribution < 1.29 is 0 Å². The molecule has 0 aliphatic carbocycles. The predicted molar refractivity (Wildman–Crippen MR) is 98.9 cm³/mol. The topological polar surface area (TPSA) is 0 Å². The average Bonchev–Trinajstić information content (AvgIpc) is 2.49. The molecule has 2 atom stereocenters. The molecule has 0 spiro atoms. The Kier molecular flexibility index (Phi) is 16.4. The Hall–Kier alpha value is 0. The summed E-state index contributed by atoms with van der Waals surface area (Å²) in [6, 6.07) is 0. The van der Waals surface area contributed by atoms with Crippen molar-refractivity contribution in [2.45, 2.75) is 124 Å². The summed E-state index contributed by atoms with van der Waals surface area (Å²) in [5, 5.41) is 0. The maximum atomic E-state index is 2.54. The van der Waals surface area contributed by atoms with E-state index < -0.39 is 0 Å². The lowest BCUT2D eigenvalue weighted by molar-refractivity contribution is 0.275. The van der Waals surface area contributed by atoms with Gasteiger partial charge in [-0.05, 0) is 11.8 Å². The van der Waals surface area contributed by atoms with Crippen molar-refractivity contribution in [3.05, 3.63) is 0 Å². The molecule has 0 heteroatoms.